The van der Waals surface area contributed by atoms with Gasteiger partial charge in [0.25, 0.3) is 0 Å². The Kier molecular flexibility index (Phi) is 7.27. The number of piperidine rings is 1. The predicted octanol–water partition coefficient (Wildman–Crippen LogP) is 2.70. The van der Waals surface area contributed by atoms with Crippen LogP contribution in [0.4, 0.5) is 10.5 Å². The minimum absolute atomic E-state index is 0.00916. The Morgan fingerprint density at radius 1 is 1.35 bits per heavy atom. The largest absolute Gasteiger partial charge is 0.493 e. The molecule has 1 aromatic rings. The lowest BCUT2D eigenvalue weighted by Crippen LogP contribution is -2.45. The Bertz CT molecular complexity index is 661. The van der Waals surface area contributed by atoms with E-state index in [1.165, 1.54) is 0 Å². The maximum Gasteiger partial charge on any atom is 0.319 e. The molecule has 1 aromatic carbocycles. The van der Waals surface area contributed by atoms with Crippen LogP contribution < -0.4 is 10.1 Å². The number of carbonyl (C=O) groups is 2. The molecule has 0 aromatic heterocycles. The highest BCUT2D eigenvalue weighted by Crippen LogP contribution is 2.22. The molecule has 0 spiro atoms. The molecule has 1 aliphatic heterocycles. The second kappa shape index (κ2) is 9.66. The van der Waals surface area contributed by atoms with E-state index in [1.54, 1.807) is 30.0 Å². The normalized spacial score (nSPS) is 14.4. The van der Waals surface area contributed by atoms with Gasteiger partial charge in [0.2, 0.25) is 5.91 Å². The number of nitrogens with zero attached hydrogens (tertiary/aromatic N) is 3. The number of benzene rings is 1. The molecule has 7 nitrogen and oxygen atoms in total. The van der Waals surface area contributed by atoms with Gasteiger partial charge in [0.15, 0.2) is 0 Å². The Morgan fingerprint density at radius 2 is 2.08 bits per heavy atom. The van der Waals surface area contributed by atoms with Crippen LogP contribution in [0.2, 0.25) is 0 Å². The molecule has 140 valence electrons. The van der Waals surface area contributed by atoms with E-state index in [0.717, 1.165) is 0 Å². The number of rotatable bonds is 6. The number of nitriles is 1. The van der Waals surface area contributed by atoms with Crippen molar-refractivity contribution >= 4 is 17.6 Å². The van der Waals surface area contributed by atoms with E-state index in [-0.39, 0.29) is 17.9 Å². The summed E-state index contributed by atoms with van der Waals surface area (Å²) in [7, 11) is 3.47. The Morgan fingerprint density at radius 3 is 2.73 bits per heavy atom. The quantitative estimate of drug-likeness (QED) is 0.792. The molecule has 0 radical (unpaired) electrons. The van der Waals surface area contributed by atoms with Gasteiger partial charge in [-0.15, -0.1) is 0 Å². The Hall–Kier alpha value is -2.75. The van der Waals surface area contributed by atoms with Crippen molar-refractivity contribution < 1.29 is 14.3 Å². The summed E-state index contributed by atoms with van der Waals surface area (Å²) in [4.78, 5) is 27.8. The van der Waals surface area contributed by atoms with Crippen LogP contribution in [0.25, 0.3) is 0 Å². The fourth-order valence-corrected chi connectivity index (χ4v) is 2.87. The number of amides is 3. The minimum atomic E-state index is -0.0959. The molecule has 1 fully saturated rings. The van der Waals surface area contributed by atoms with Crippen LogP contribution in [-0.4, -0.2) is 55.5 Å². The van der Waals surface area contributed by atoms with Gasteiger partial charge in [-0.05, 0) is 31.4 Å². The van der Waals surface area contributed by atoms with Crippen molar-refractivity contribution in [1.29, 1.82) is 5.26 Å². The fraction of sp³-hybridized carbons (Fsp3) is 0.526. The topological polar surface area (TPSA) is 85.7 Å². The van der Waals surface area contributed by atoms with Gasteiger partial charge in [0, 0.05) is 51.3 Å². The summed E-state index contributed by atoms with van der Waals surface area (Å²) in [5, 5.41) is 11.5. The standard InChI is InChI=1S/C19H26N4O3/c1-22(2)19(25)23-11-8-15(9-12-23)18(24)21-16-6-5-7-17(14-16)26-13-4-3-10-20/h5-7,14-15H,3-4,8-9,11-13H2,1-2H3,(H,21,24). The molecule has 3 amide bonds. The van der Waals surface area contributed by atoms with Crippen LogP contribution in [0.1, 0.15) is 25.7 Å². The molecule has 0 atom stereocenters. The highest BCUT2D eigenvalue weighted by atomic mass is 16.5. The Labute approximate surface area is 154 Å². The monoisotopic (exact) mass is 358 g/mol. The van der Waals surface area contributed by atoms with Crippen molar-refractivity contribution in [3.63, 3.8) is 0 Å². The van der Waals surface area contributed by atoms with Crippen molar-refractivity contribution in [3.8, 4) is 11.8 Å². The fourth-order valence-electron chi connectivity index (χ4n) is 2.87. The van der Waals surface area contributed by atoms with Gasteiger partial charge >= 0.3 is 6.03 Å². The van der Waals surface area contributed by atoms with Crippen LogP contribution in [0.5, 0.6) is 5.75 Å². The first-order valence-corrected chi connectivity index (χ1v) is 8.88. The van der Waals surface area contributed by atoms with E-state index in [1.807, 2.05) is 18.2 Å². The summed E-state index contributed by atoms with van der Waals surface area (Å²) >= 11 is 0. The first-order chi connectivity index (χ1) is 12.5. The van der Waals surface area contributed by atoms with Crippen molar-refractivity contribution in [2.45, 2.75) is 25.7 Å². The molecule has 0 saturated carbocycles. The number of nitrogens with one attached hydrogen (secondary N) is 1. The van der Waals surface area contributed by atoms with Crippen LogP contribution in [0.15, 0.2) is 24.3 Å². The molecule has 0 unspecified atom stereocenters. The molecular weight excluding hydrogens is 332 g/mol. The molecule has 1 N–H and O–H groups in total. The number of carbonyl (C=O) groups excluding carboxylic acids is 2. The summed E-state index contributed by atoms with van der Waals surface area (Å²) in [6.07, 6.45) is 2.47. The first kappa shape index (κ1) is 19.6. The highest BCUT2D eigenvalue weighted by Gasteiger charge is 2.28. The number of anilines is 1. The van der Waals surface area contributed by atoms with E-state index >= 15 is 0 Å². The van der Waals surface area contributed by atoms with E-state index in [0.29, 0.717) is 56.8 Å². The second-order valence-electron chi connectivity index (χ2n) is 6.57. The van der Waals surface area contributed by atoms with E-state index in [2.05, 4.69) is 11.4 Å². The summed E-state index contributed by atoms with van der Waals surface area (Å²) in [6, 6.07) is 9.34. The van der Waals surface area contributed by atoms with Crippen LogP contribution in [0, 0.1) is 17.2 Å². The minimum Gasteiger partial charge on any atom is -0.493 e. The maximum absolute atomic E-state index is 12.5. The number of likely N-dealkylation sites (tertiary alicyclic amines) is 1. The second-order valence-corrected chi connectivity index (χ2v) is 6.57. The van der Waals surface area contributed by atoms with Crippen molar-refractivity contribution in [2.24, 2.45) is 5.92 Å². The van der Waals surface area contributed by atoms with E-state index in [9.17, 15) is 9.59 Å². The van der Waals surface area contributed by atoms with E-state index in [4.69, 9.17) is 10.00 Å². The zero-order valence-electron chi connectivity index (χ0n) is 15.4. The number of urea groups is 1. The number of ether oxygens (including phenoxy) is 1. The smallest absolute Gasteiger partial charge is 0.319 e. The number of unbranched alkanes of at least 4 members (excludes halogenated alkanes) is 1. The molecule has 7 heteroatoms. The number of hydrogen-bond donors (Lipinski definition) is 1. The third-order valence-electron chi connectivity index (χ3n) is 4.32. The molecule has 26 heavy (non-hydrogen) atoms. The lowest BCUT2D eigenvalue weighted by Gasteiger charge is -2.33. The van der Waals surface area contributed by atoms with Crippen LogP contribution >= 0.6 is 0 Å². The summed E-state index contributed by atoms with van der Waals surface area (Å²) < 4.78 is 5.59. The summed E-state index contributed by atoms with van der Waals surface area (Å²) in [5.41, 5.74) is 0.694. The zero-order valence-corrected chi connectivity index (χ0v) is 15.4. The predicted molar refractivity (Wildman–Crippen MR) is 98.8 cm³/mol. The molecule has 0 aliphatic carbocycles. The molecule has 2 rings (SSSR count). The van der Waals surface area contributed by atoms with Crippen LogP contribution in [0.3, 0.4) is 0 Å². The molecular formula is C19H26N4O3. The molecule has 1 saturated heterocycles. The maximum atomic E-state index is 12.5. The van der Waals surface area contributed by atoms with Crippen molar-refractivity contribution in [2.75, 3.05) is 39.1 Å². The highest BCUT2D eigenvalue weighted by molar-refractivity contribution is 5.92. The lowest BCUT2D eigenvalue weighted by atomic mass is 9.96. The van der Waals surface area contributed by atoms with Gasteiger partial charge in [-0.2, -0.15) is 5.26 Å². The number of hydrogen-bond acceptors (Lipinski definition) is 4. The summed E-state index contributed by atoms with van der Waals surface area (Å²) in [5.74, 6) is 0.553. The third kappa shape index (κ3) is 5.66. The molecule has 1 heterocycles. The van der Waals surface area contributed by atoms with Gasteiger partial charge in [-0.25, -0.2) is 4.79 Å². The molecule has 1 aliphatic rings. The van der Waals surface area contributed by atoms with Crippen LogP contribution in [-0.2, 0) is 4.79 Å². The van der Waals surface area contributed by atoms with E-state index < -0.39 is 0 Å². The zero-order chi connectivity index (χ0) is 18.9. The van der Waals surface area contributed by atoms with Gasteiger partial charge in [0.05, 0.1) is 12.7 Å². The van der Waals surface area contributed by atoms with Gasteiger partial charge in [-0.3, -0.25) is 4.79 Å². The first-order valence-electron chi connectivity index (χ1n) is 8.88. The lowest BCUT2D eigenvalue weighted by molar-refractivity contribution is -0.121. The van der Waals surface area contributed by atoms with Gasteiger partial charge < -0.3 is 19.9 Å². The average molecular weight is 358 g/mol. The average Bonchev–Trinajstić information content (AvgIpc) is 2.65. The Balaban J connectivity index is 1.83. The van der Waals surface area contributed by atoms with Crippen molar-refractivity contribution in [1.82, 2.24) is 9.80 Å². The van der Waals surface area contributed by atoms with Gasteiger partial charge in [-0.1, -0.05) is 6.07 Å². The molecule has 0 bridgehead atoms. The SMILES string of the molecule is CN(C)C(=O)N1CCC(C(=O)Nc2cccc(OCCCC#N)c2)CC1. The van der Waals surface area contributed by atoms with Gasteiger partial charge in [0.1, 0.15) is 5.75 Å². The van der Waals surface area contributed by atoms with Crippen molar-refractivity contribution in [3.05, 3.63) is 24.3 Å². The summed E-state index contributed by atoms with van der Waals surface area (Å²) in [6.45, 7) is 1.66. The third-order valence-corrected chi connectivity index (χ3v) is 4.32.